The predicted molar refractivity (Wildman–Crippen MR) is 312 cm³/mol. The highest BCUT2D eigenvalue weighted by molar-refractivity contribution is 7.12. The maximum Gasteiger partial charge on any atom is 0.410 e. The maximum absolute atomic E-state index is 15.0. The number of carbonyl (C=O) groups is 2. The average Bonchev–Trinajstić information content (AvgIpc) is 4.15. The van der Waals surface area contributed by atoms with Gasteiger partial charge in [-0.25, -0.2) is 52.2 Å². The van der Waals surface area contributed by atoms with Gasteiger partial charge in [-0.2, -0.15) is 9.97 Å². The lowest BCUT2D eigenvalue weighted by Gasteiger charge is -2.41. The van der Waals surface area contributed by atoms with Crippen LogP contribution in [0, 0.1) is 11.6 Å². The molecule has 8 aromatic rings. The number of piperazine rings is 2. The molecular weight excluding hydrogens is 1130 g/mol. The molecular formula is C56H58Cl2F2N12O7S2. The van der Waals surface area contributed by atoms with Gasteiger partial charge < -0.3 is 34.5 Å². The third-order valence-corrected chi connectivity index (χ3v) is 15.9. The molecule has 2 saturated heterocycles. The molecule has 2 N–H and O–H groups in total. The van der Waals surface area contributed by atoms with E-state index in [4.69, 9.17) is 32.9 Å². The van der Waals surface area contributed by atoms with Crippen molar-refractivity contribution in [3.05, 3.63) is 126 Å². The summed E-state index contributed by atoms with van der Waals surface area (Å²) in [5.41, 5.74) is 2.91. The SMILES string of the molecule is C=CC(=O)N1CCN(c2nc(=O)n(-c3scnc3C(C)C)c3nc(-c4c(O)cccc4F)c(Cl)cc23)[C@@H](C)C1.CC(C)c1ncsc1-n1c(=O)nc(N2CCN(C(=O)OC(C)(C)C)C[C@@H]2C)c2cc(Cl)c(-c3c(O)cccc3F)nc21. The second-order valence-corrected chi connectivity index (χ2v) is 23.6. The first kappa shape index (κ1) is 58.1. The monoisotopic (exact) mass is 1180 g/mol. The number of ether oxygens (including phenoxy) is 1. The van der Waals surface area contributed by atoms with E-state index < -0.39 is 34.7 Å². The normalized spacial score (nSPS) is 15.9. The van der Waals surface area contributed by atoms with Gasteiger partial charge >= 0.3 is 17.5 Å². The van der Waals surface area contributed by atoms with Crippen LogP contribution >= 0.6 is 45.9 Å². The summed E-state index contributed by atoms with van der Waals surface area (Å²) in [6.07, 6.45) is 0.870. The molecule has 0 radical (unpaired) electrons. The van der Waals surface area contributed by atoms with Gasteiger partial charge in [-0.05, 0) is 88.9 Å². The Hall–Kier alpha value is -7.60. The molecule has 2 amide bonds. The standard InChI is InChI=1S/C29H32ClFN6O4S.C27H26ClFN6O3S/c1-15(2)22-26(42-14-32-22)37-25-17(12-18(30)23(33-25)21-19(31)8-7-9-20(21)38)24(34-27(37)39)36-11-10-35(13-16(36)3)28(40)41-29(4,5)6;1-5-20(37)33-9-10-34(15(4)12-33)24-16-11-17(28)23(21-18(29)7-6-8-19(21)36)31-25(16)35(27(38)32-24)26-22(14(2)3)30-13-39-26/h7-9,12,14-16,38H,10-11,13H2,1-6H3;5-8,11,13-15,36H,1,9-10,12H2,2-4H3/t16-;15-/m00/s1. The number of pyridine rings is 2. The third kappa shape index (κ3) is 11.4. The fourth-order valence-corrected chi connectivity index (χ4v) is 12.2. The van der Waals surface area contributed by atoms with E-state index in [-0.39, 0.29) is 85.2 Å². The minimum atomic E-state index is -0.709. The molecule has 2 fully saturated rings. The van der Waals surface area contributed by atoms with Crippen molar-refractivity contribution in [3.63, 3.8) is 0 Å². The number of amides is 2. The smallest absolute Gasteiger partial charge is 0.410 e. The molecule has 424 valence electrons. The Bertz CT molecular complexity index is 3860. The van der Waals surface area contributed by atoms with Crippen LogP contribution in [-0.4, -0.2) is 128 Å². The van der Waals surface area contributed by atoms with Crippen LogP contribution in [0.25, 0.3) is 54.6 Å². The van der Waals surface area contributed by atoms with Crippen molar-refractivity contribution in [2.45, 2.75) is 91.8 Å². The van der Waals surface area contributed by atoms with E-state index in [0.717, 1.165) is 0 Å². The Morgan fingerprint density at radius 1 is 0.704 bits per heavy atom. The Labute approximate surface area is 482 Å². The largest absolute Gasteiger partial charge is 0.507 e. The fraction of sp³-hybridized carbons (Fsp3) is 0.357. The van der Waals surface area contributed by atoms with Gasteiger partial charge in [-0.1, -0.05) is 69.6 Å². The van der Waals surface area contributed by atoms with Crippen LogP contribution in [0.5, 0.6) is 11.5 Å². The van der Waals surface area contributed by atoms with Crippen molar-refractivity contribution in [2.24, 2.45) is 0 Å². The summed E-state index contributed by atoms with van der Waals surface area (Å²) < 4.78 is 38.1. The first-order valence-electron chi connectivity index (χ1n) is 25.9. The van der Waals surface area contributed by atoms with Gasteiger partial charge in [-0.3, -0.25) is 4.79 Å². The topological polar surface area (TPSA) is 218 Å². The zero-order valence-corrected chi connectivity index (χ0v) is 48.9. The van der Waals surface area contributed by atoms with Crippen molar-refractivity contribution >= 4 is 91.6 Å². The number of aromatic nitrogens is 8. The summed E-state index contributed by atoms with van der Waals surface area (Å²) in [4.78, 5) is 86.9. The Morgan fingerprint density at radius 3 is 1.51 bits per heavy atom. The second kappa shape index (κ2) is 23.1. The van der Waals surface area contributed by atoms with Crippen molar-refractivity contribution in [1.29, 1.82) is 0 Å². The summed E-state index contributed by atoms with van der Waals surface area (Å²) in [5.74, 6) is -1.54. The number of anilines is 2. The van der Waals surface area contributed by atoms with Gasteiger partial charge in [0.2, 0.25) is 5.91 Å². The predicted octanol–water partition coefficient (Wildman–Crippen LogP) is 10.7. The molecule has 0 aliphatic carbocycles. The number of phenolic OH excluding ortho intramolecular Hbond substituents is 2. The fourth-order valence-electron chi connectivity index (χ4n) is 9.85. The summed E-state index contributed by atoms with van der Waals surface area (Å²) in [6.45, 7) is 23.0. The molecule has 2 aliphatic heterocycles. The van der Waals surface area contributed by atoms with E-state index in [9.17, 15) is 38.2 Å². The molecule has 0 spiro atoms. The van der Waals surface area contributed by atoms with Crippen molar-refractivity contribution < 1.29 is 33.3 Å². The summed E-state index contributed by atoms with van der Waals surface area (Å²) in [6, 6.07) is 10.6. The third-order valence-electron chi connectivity index (χ3n) is 13.6. The first-order valence-corrected chi connectivity index (χ1v) is 28.4. The van der Waals surface area contributed by atoms with Crippen molar-refractivity contribution in [1.82, 2.24) is 48.8 Å². The van der Waals surface area contributed by atoms with Gasteiger partial charge in [0.15, 0.2) is 11.3 Å². The number of benzene rings is 2. The van der Waals surface area contributed by atoms with E-state index in [0.29, 0.717) is 83.1 Å². The summed E-state index contributed by atoms with van der Waals surface area (Å²) in [7, 11) is 0. The molecule has 0 unspecified atom stereocenters. The zero-order chi connectivity index (χ0) is 58.5. The van der Waals surface area contributed by atoms with Gasteiger partial charge in [-0.15, -0.1) is 22.7 Å². The number of hydrogen-bond acceptors (Lipinski definition) is 17. The summed E-state index contributed by atoms with van der Waals surface area (Å²) >= 11 is 15.9. The molecule has 2 aromatic carbocycles. The number of phenols is 2. The number of hydrogen-bond donors (Lipinski definition) is 2. The van der Waals surface area contributed by atoms with Gasteiger partial charge in [0.05, 0.1) is 65.7 Å². The molecule has 8 heterocycles. The van der Waals surface area contributed by atoms with E-state index in [1.165, 1.54) is 74.3 Å². The highest BCUT2D eigenvalue weighted by Gasteiger charge is 2.35. The van der Waals surface area contributed by atoms with E-state index >= 15 is 0 Å². The molecule has 6 aromatic heterocycles. The van der Waals surface area contributed by atoms with Crippen LogP contribution in [0.4, 0.5) is 25.2 Å². The maximum atomic E-state index is 15.0. The number of halogens is 4. The molecule has 19 nitrogen and oxygen atoms in total. The highest BCUT2D eigenvalue weighted by atomic mass is 35.5. The second-order valence-electron chi connectivity index (χ2n) is 21.1. The lowest BCUT2D eigenvalue weighted by Crippen LogP contribution is -2.55. The number of carbonyl (C=O) groups excluding carboxylic acids is 2. The number of fused-ring (bicyclic) bond motifs is 2. The van der Waals surface area contributed by atoms with Crippen LogP contribution < -0.4 is 21.2 Å². The van der Waals surface area contributed by atoms with E-state index in [1.54, 1.807) is 33.0 Å². The van der Waals surface area contributed by atoms with E-state index in [2.05, 4.69) is 31.5 Å². The number of thiazole rings is 2. The molecule has 2 aliphatic rings. The van der Waals surface area contributed by atoms with Gasteiger partial charge in [0, 0.05) is 51.4 Å². The Morgan fingerprint density at radius 2 is 1.12 bits per heavy atom. The molecule has 2 atom stereocenters. The van der Waals surface area contributed by atoms with E-state index in [1.807, 2.05) is 72.1 Å². The van der Waals surface area contributed by atoms with Crippen LogP contribution in [0.3, 0.4) is 0 Å². The minimum Gasteiger partial charge on any atom is -0.507 e. The summed E-state index contributed by atoms with van der Waals surface area (Å²) in [5, 5.41) is 23.2. The molecule has 0 bridgehead atoms. The molecule has 0 saturated carbocycles. The Kier molecular flexibility index (Phi) is 16.6. The lowest BCUT2D eigenvalue weighted by atomic mass is 10.1. The van der Waals surface area contributed by atoms with Crippen molar-refractivity contribution in [3.8, 4) is 44.0 Å². The zero-order valence-electron chi connectivity index (χ0n) is 45.7. The lowest BCUT2D eigenvalue weighted by molar-refractivity contribution is -0.126. The Balaban J connectivity index is 0.000000196. The van der Waals surface area contributed by atoms with Crippen LogP contribution in [-0.2, 0) is 9.53 Å². The van der Waals surface area contributed by atoms with Gasteiger partial charge in [0.1, 0.15) is 50.4 Å². The van der Waals surface area contributed by atoms with Crippen LogP contribution in [0.2, 0.25) is 10.0 Å². The molecule has 81 heavy (non-hydrogen) atoms. The number of rotatable bonds is 9. The first-order chi connectivity index (χ1) is 38.4. The molecule has 10 rings (SSSR count). The van der Waals surface area contributed by atoms with Crippen LogP contribution in [0.15, 0.2) is 81.8 Å². The quantitative estimate of drug-likeness (QED) is 0.128. The van der Waals surface area contributed by atoms with Crippen molar-refractivity contribution in [2.75, 3.05) is 49.1 Å². The molecule has 25 heteroatoms. The van der Waals surface area contributed by atoms with Crippen LogP contribution in [0.1, 0.15) is 85.5 Å². The minimum absolute atomic E-state index is 0.00351. The average molecular weight is 1180 g/mol. The van der Waals surface area contributed by atoms with Gasteiger partial charge in [0.25, 0.3) is 0 Å². The highest BCUT2D eigenvalue weighted by Crippen LogP contribution is 2.42. The number of nitrogens with zero attached hydrogens (tertiary/aromatic N) is 12. The number of aromatic hydroxyl groups is 2.